The van der Waals surface area contributed by atoms with Gasteiger partial charge in [-0.1, -0.05) is 0 Å². The molecule has 0 atom stereocenters. The zero-order chi connectivity index (χ0) is 12.6. The average Bonchev–Trinajstić information content (AvgIpc) is 2.22. The maximum atomic E-state index is 8.89. The second-order valence-electron chi connectivity index (χ2n) is 3.31. The second kappa shape index (κ2) is 9.05. The van der Waals surface area contributed by atoms with Gasteiger partial charge in [0, 0.05) is 5.97 Å². The number of halogens is 1. The number of carbonyl (C=O) groups excluding carboxylic acids is 1. The molecule has 0 bridgehead atoms. The maximum absolute atomic E-state index is 8.89. The van der Waals surface area contributed by atoms with E-state index in [2.05, 4.69) is 54.0 Å². The van der Waals surface area contributed by atoms with Gasteiger partial charge in [0.2, 0.25) is 0 Å². The molecule has 1 aromatic rings. The molecule has 2 nitrogen and oxygen atoms in total. The molecule has 0 amide bonds. The Hall–Kier alpha value is -0.0313. The van der Waals surface area contributed by atoms with Crippen molar-refractivity contribution < 1.29 is 9.90 Å². The van der Waals surface area contributed by atoms with E-state index in [1.165, 1.54) is 13.3 Å². The van der Waals surface area contributed by atoms with E-state index in [0.29, 0.717) is 0 Å². The second-order valence-corrected chi connectivity index (χ2v) is 13.4. The van der Waals surface area contributed by atoms with Crippen LogP contribution in [0.3, 0.4) is 0 Å². The van der Waals surface area contributed by atoms with Gasteiger partial charge in [0.15, 0.2) is 0 Å². The molecule has 0 aliphatic rings. The Morgan fingerprint density at radius 2 is 1.62 bits per heavy atom. The summed E-state index contributed by atoms with van der Waals surface area (Å²) in [7, 11) is 0. The molecular formula is C12H17BrO2Sn. The SMILES string of the molecule is CC(=O)[O-].C[CH2][Sn+]([CH2]C)[c]1ccc(Br)cc1. The van der Waals surface area contributed by atoms with Gasteiger partial charge in [-0.25, -0.2) is 0 Å². The third-order valence-corrected chi connectivity index (χ3v) is 10.8. The van der Waals surface area contributed by atoms with E-state index in [1.807, 2.05) is 0 Å². The number of benzene rings is 1. The van der Waals surface area contributed by atoms with Crippen LogP contribution in [-0.4, -0.2) is 25.7 Å². The van der Waals surface area contributed by atoms with Crippen LogP contribution in [0.15, 0.2) is 28.7 Å². The van der Waals surface area contributed by atoms with Gasteiger partial charge < -0.3 is 9.90 Å². The van der Waals surface area contributed by atoms with Crippen molar-refractivity contribution in [2.24, 2.45) is 0 Å². The molecule has 0 heterocycles. The predicted octanol–water partition coefficient (Wildman–Crippen LogP) is 1.95. The zero-order valence-electron chi connectivity index (χ0n) is 9.92. The van der Waals surface area contributed by atoms with Gasteiger partial charge in [0.25, 0.3) is 0 Å². The summed E-state index contributed by atoms with van der Waals surface area (Å²) in [5, 5.41) is 8.89. The summed E-state index contributed by atoms with van der Waals surface area (Å²) in [6, 6.07) is 8.93. The summed E-state index contributed by atoms with van der Waals surface area (Å²) >= 11 is 2.32. The molecule has 88 valence electrons. The van der Waals surface area contributed by atoms with Crippen LogP contribution in [0.1, 0.15) is 20.8 Å². The molecule has 1 rings (SSSR count). The minimum atomic E-state index is -1.14. The Kier molecular flexibility index (Phi) is 9.03. The van der Waals surface area contributed by atoms with Crippen LogP contribution < -0.4 is 8.69 Å². The molecule has 0 spiro atoms. The van der Waals surface area contributed by atoms with Crippen molar-refractivity contribution in [3.05, 3.63) is 28.7 Å². The van der Waals surface area contributed by atoms with Crippen LogP contribution in [0.5, 0.6) is 0 Å². The third-order valence-electron chi connectivity index (χ3n) is 2.11. The quantitative estimate of drug-likeness (QED) is 0.739. The van der Waals surface area contributed by atoms with Gasteiger partial charge >= 0.3 is 90.7 Å². The Morgan fingerprint density at radius 1 is 1.25 bits per heavy atom. The van der Waals surface area contributed by atoms with Crippen molar-refractivity contribution in [3.63, 3.8) is 0 Å². The van der Waals surface area contributed by atoms with Crippen LogP contribution in [0, 0.1) is 0 Å². The van der Waals surface area contributed by atoms with Crippen molar-refractivity contribution in [1.29, 1.82) is 0 Å². The molecule has 0 aliphatic heterocycles. The van der Waals surface area contributed by atoms with Crippen LogP contribution >= 0.6 is 15.9 Å². The van der Waals surface area contributed by atoms with Crippen molar-refractivity contribution in [2.75, 3.05) is 0 Å². The van der Waals surface area contributed by atoms with Crippen LogP contribution in [0.25, 0.3) is 0 Å². The number of aliphatic carboxylic acids is 1. The van der Waals surface area contributed by atoms with Gasteiger partial charge in [-0.05, 0) is 6.92 Å². The van der Waals surface area contributed by atoms with Crippen LogP contribution in [-0.2, 0) is 4.79 Å². The summed E-state index contributed by atoms with van der Waals surface area (Å²) in [6.45, 7) is 5.64. The van der Waals surface area contributed by atoms with Gasteiger partial charge in [-0.3, -0.25) is 0 Å². The molecule has 0 aromatic heterocycles. The molecular weight excluding hydrogens is 375 g/mol. The van der Waals surface area contributed by atoms with Crippen LogP contribution in [0.4, 0.5) is 0 Å². The topological polar surface area (TPSA) is 40.1 Å². The first-order valence-electron chi connectivity index (χ1n) is 5.29. The molecule has 0 fully saturated rings. The van der Waals surface area contributed by atoms with Gasteiger partial charge in [0.1, 0.15) is 0 Å². The Balaban J connectivity index is 0.000000487. The number of hydrogen-bond acceptors (Lipinski definition) is 2. The first kappa shape index (κ1) is 16.0. The number of rotatable bonds is 3. The number of carbonyl (C=O) groups is 1. The average molecular weight is 392 g/mol. The predicted molar refractivity (Wildman–Crippen MR) is 71.2 cm³/mol. The molecule has 0 radical (unpaired) electrons. The van der Waals surface area contributed by atoms with Gasteiger partial charge in [0.05, 0.1) is 0 Å². The van der Waals surface area contributed by atoms with E-state index in [9.17, 15) is 0 Å². The van der Waals surface area contributed by atoms with E-state index in [4.69, 9.17) is 9.90 Å². The first-order valence-corrected chi connectivity index (χ1v) is 11.5. The third kappa shape index (κ3) is 7.28. The van der Waals surface area contributed by atoms with E-state index in [0.717, 1.165) is 6.92 Å². The van der Waals surface area contributed by atoms with Gasteiger partial charge in [-0.15, -0.1) is 0 Å². The van der Waals surface area contributed by atoms with E-state index < -0.39 is 25.7 Å². The molecule has 0 N–H and O–H groups in total. The van der Waals surface area contributed by atoms with Crippen molar-refractivity contribution in [1.82, 2.24) is 0 Å². The Labute approximate surface area is 113 Å². The summed E-state index contributed by atoms with van der Waals surface area (Å²) in [6.07, 6.45) is 0. The van der Waals surface area contributed by atoms with E-state index >= 15 is 0 Å². The summed E-state index contributed by atoms with van der Waals surface area (Å²) < 4.78 is 5.72. The first-order chi connectivity index (χ1) is 7.51. The fourth-order valence-corrected chi connectivity index (χ4v) is 7.19. The summed E-state index contributed by atoms with van der Waals surface area (Å²) in [4.78, 5) is 8.89. The molecule has 0 unspecified atom stereocenters. The molecule has 1 aromatic carbocycles. The summed E-state index contributed by atoms with van der Waals surface area (Å²) in [5.74, 6) is -1.08. The normalized spacial score (nSPS) is 9.00. The molecule has 0 saturated carbocycles. The summed E-state index contributed by atoms with van der Waals surface area (Å²) in [5.41, 5.74) is 0. The number of carboxylic acid groups (broad SMARTS) is 1. The minimum absolute atomic E-state index is 0.972. The Bertz CT molecular complexity index is 303. The van der Waals surface area contributed by atoms with Crippen molar-refractivity contribution in [2.45, 2.75) is 29.6 Å². The number of carboxylic acids is 1. The molecule has 4 heteroatoms. The fourth-order valence-electron chi connectivity index (χ4n) is 1.34. The monoisotopic (exact) mass is 392 g/mol. The van der Waals surface area contributed by atoms with Gasteiger partial charge in [-0.2, -0.15) is 0 Å². The molecule has 16 heavy (non-hydrogen) atoms. The fraction of sp³-hybridized carbons (Fsp3) is 0.417. The molecule has 0 aliphatic carbocycles. The number of hydrogen-bond donors (Lipinski definition) is 0. The zero-order valence-corrected chi connectivity index (χ0v) is 14.4. The van der Waals surface area contributed by atoms with E-state index in [1.54, 1.807) is 3.58 Å². The Morgan fingerprint density at radius 3 is 1.94 bits per heavy atom. The van der Waals surface area contributed by atoms with Crippen molar-refractivity contribution >= 4 is 45.2 Å². The standard InChI is InChI=1S/C6H4Br.C2H4O2.2C2H5.Sn/c7-6-4-2-1-3-5-6;1-2(3)4;2*1-2;/h2-5H;1H3,(H,3,4);2*1H2,2H3;/q;;;;+1/p-1. The van der Waals surface area contributed by atoms with E-state index in [-0.39, 0.29) is 0 Å². The van der Waals surface area contributed by atoms with Crippen LogP contribution in [0.2, 0.25) is 8.87 Å². The molecule has 0 saturated heterocycles. The van der Waals surface area contributed by atoms with Crippen molar-refractivity contribution in [3.8, 4) is 0 Å².